The zero-order valence-corrected chi connectivity index (χ0v) is 20.8. The van der Waals surface area contributed by atoms with Crippen LogP contribution in [0.4, 0.5) is 4.79 Å². The molecule has 6 nitrogen and oxygen atoms in total. The molecule has 0 aromatic heterocycles. The van der Waals surface area contributed by atoms with E-state index in [-0.39, 0.29) is 12.5 Å². The number of carbonyl (C=O) groups excluding carboxylic acids is 2. The highest BCUT2D eigenvalue weighted by Crippen LogP contribution is 2.46. The van der Waals surface area contributed by atoms with Crippen LogP contribution >= 0.6 is 0 Å². The molecule has 4 aromatic rings. The molecule has 38 heavy (non-hydrogen) atoms. The van der Waals surface area contributed by atoms with Gasteiger partial charge in [-0.2, -0.15) is 0 Å². The van der Waals surface area contributed by atoms with Gasteiger partial charge in [0.05, 0.1) is 12.6 Å². The van der Waals surface area contributed by atoms with Gasteiger partial charge < -0.3 is 24.3 Å². The summed E-state index contributed by atoms with van der Waals surface area (Å²) < 4.78 is 17.8. The Hall–Kier alpha value is -4.58. The lowest BCUT2D eigenvalue weighted by Gasteiger charge is -2.29. The molecule has 0 saturated carbocycles. The summed E-state index contributed by atoms with van der Waals surface area (Å²) in [5, 5.41) is 3.06. The summed E-state index contributed by atoms with van der Waals surface area (Å²) in [5.41, 5.74) is 6.39. The molecule has 190 valence electrons. The molecule has 1 amide bonds. The monoisotopic (exact) mass is 505 g/mol. The van der Waals surface area contributed by atoms with Crippen LogP contribution in [-0.2, 0) is 9.53 Å². The van der Waals surface area contributed by atoms with E-state index in [9.17, 15) is 9.59 Å². The number of rotatable bonds is 8. The molecule has 4 aromatic carbocycles. The van der Waals surface area contributed by atoms with Gasteiger partial charge in [-0.1, -0.05) is 66.7 Å². The molecule has 1 unspecified atom stereocenters. The van der Waals surface area contributed by atoms with E-state index in [2.05, 4.69) is 29.6 Å². The van der Waals surface area contributed by atoms with Crippen LogP contribution in [0.1, 0.15) is 47.1 Å². The second-order valence-electron chi connectivity index (χ2n) is 9.40. The van der Waals surface area contributed by atoms with Crippen molar-refractivity contribution < 1.29 is 23.8 Å². The van der Waals surface area contributed by atoms with Crippen molar-refractivity contribution in [2.75, 3.05) is 13.2 Å². The number of benzene rings is 4. The second kappa shape index (κ2) is 10.4. The van der Waals surface area contributed by atoms with Crippen molar-refractivity contribution in [3.05, 3.63) is 113 Å². The van der Waals surface area contributed by atoms with Gasteiger partial charge >= 0.3 is 6.09 Å². The molecule has 0 fully saturated rings. The summed E-state index contributed by atoms with van der Waals surface area (Å²) >= 11 is 0. The van der Waals surface area contributed by atoms with E-state index >= 15 is 0 Å². The molecule has 0 saturated heterocycles. The molecule has 1 N–H and O–H groups in total. The summed E-state index contributed by atoms with van der Waals surface area (Å²) in [6.45, 7) is 0.681. The fourth-order valence-corrected chi connectivity index (χ4v) is 5.30. The Morgan fingerprint density at radius 2 is 1.47 bits per heavy atom. The van der Waals surface area contributed by atoms with Gasteiger partial charge in [-0.05, 0) is 46.9 Å². The number of hydrogen-bond acceptors (Lipinski definition) is 5. The van der Waals surface area contributed by atoms with Crippen molar-refractivity contribution >= 4 is 12.4 Å². The molecule has 6 rings (SSSR count). The molecule has 1 heterocycles. The number of carbonyl (C=O) groups is 2. The normalized spacial score (nSPS) is 14.8. The third-order valence-electron chi connectivity index (χ3n) is 7.09. The lowest BCUT2D eigenvalue weighted by molar-refractivity contribution is -0.108. The number of ether oxygens (including phenoxy) is 3. The molecule has 2 aliphatic rings. The van der Waals surface area contributed by atoms with Gasteiger partial charge in [0.1, 0.15) is 30.1 Å². The molecular formula is C32H27NO5. The van der Waals surface area contributed by atoms with Crippen molar-refractivity contribution in [3.63, 3.8) is 0 Å². The molecule has 0 bridgehead atoms. The smallest absolute Gasteiger partial charge is 0.407 e. The predicted molar refractivity (Wildman–Crippen MR) is 144 cm³/mol. The van der Waals surface area contributed by atoms with Crippen LogP contribution in [0.25, 0.3) is 11.1 Å². The zero-order chi connectivity index (χ0) is 25.9. The molecule has 1 atom stereocenters. The van der Waals surface area contributed by atoms with Gasteiger partial charge in [0.2, 0.25) is 0 Å². The zero-order valence-electron chi connectivity index (χ0n) is 20.8. The van der Waals surface area contributed by atoms with Crippen LogP contribution in [0.15, 0.2) is 91.0 Å². The fourth-order valence-electron chi connectivity index (χ4n) is 5.30. The Labute approximate surface area is 221 Å². The van der Waals surface area contributed by atoms with E-state index in [1.165, 1.54) is 22.3 Å². The van der Waals surface area contributed by atoms with Crippen LogP contribution in [0.3, 0.4) is 0 Å². The van der Waals surface area contributed by atoms with Crippen molar-refractivity contribution in [2.45, 2.75) is 24.8 Å². The Kier molecular flexibility index (Phi) is 6.53. The highest BCUT2D eigenvalue weighted by Gasteiger charge is 2.32. The molecular weight excluding hydrogens is 478 g/mol. The summed E-state index contributed by atoms with van der Waals surface area (Å²) in [6.07, 6.45) is 1.50. The lowest BCUT2D eigenvalue weighted by atomic mass is 9.94. The minimum atomic E-state index is -0.492. The summed E-state index contributed by atoms with van der Waals surface area (Å²) in [4.78, 5) is 23.7. The Morgan fingerprint density at radius 3 is 2.21 bits per heavy atom. The average molecular weight is 506 g/mol. The van der Waals surface area contributed by atoms with E-state index in [1.807, 2.05) is 66.7 Å². The van der Waals surface area contributed by atoms with Crippen LogP contribution in [-0.4, -0.2) is 25.6 Å². The first-order chi connectivity index (χ1) is 18.7. The number of alkyl carbamates (subject to hydrolysis) is 1. The maximum atomic E-state index is 13.2. The van der Waals surface area contributed by atoms with Crippen molar-refractivity contribution in [1.82, 2.24) is 5.32 Å². The van der Waals surface area contributed by atoms with Crippen molar-refractivity contribution in [3.8, 4) is 28.4 Å². The van der Waals surface area contributed by atoms with Gasteiger partial charge in [0.25, 0.3) is 0 Å². The van der Waals surface area contributed by atoms with Gasteiger partial charge in [-0.25, -0.2) is 4.79 Å². The van der Waals surface area contributed by atoms with Crippen molar-refractivity contribution in [1.29, 1.82) is 0 Å². The van der Waals surface area contributed by atoms with E-state index in [4.69, 9.17) is 14.2 Å². The Balaban J connectivity index is 1.20. The highest BCUT2D eigenvalue weighted by molar-refractivity contribution is 5.79. The first-order valence-corrected chi connectivity index (χ1v) is 12.8. The molecule has 0 spiro atoms. The fraction of sp³-hybridized carbons (Fsp3) is 0.188. The number of nitrogens with one attached hydrogen (secondary N) is 1. The molecule has 1 aliphatic heterocycles. The van der Waals surface area contributed by atoms with E-state index in [1.54, 1.807) is 0 Å². The van der Waals surface area contributed by atoms with E-state index in [0.717, 1.165) is 17.4 Å². The Bertz CT molecular complexity index is 1450. The number of para-hydroxylation sites is 1. The topological polar surface area (TPSA) is 73.9 Å². The summed E-state index contributed by atoms with van der Waals surface area (Å²) in [7, 11) is 0. The van der Waals surface area contributed by atoms with Crippen molar-refractivity contribution in [2.24, 2.45) is 0 Å². The maximum absolute atomic E-state index is 13.2. The SMILES string of the molecule is O=CCCCOc1ccc2c(c1)Oc1ccccc1C2NC(=O)OCC1c2ccccc2-c2ccccc21. The standard InChI is InChI=1S/C32H27NO5/c34-17-7-8-18-36-21-15-16-27-30(19-21)38-29-14-6-5-13-26(29)31(27)33-32(35)37-20-28-24-11-3-1-9-22(24)23-10-2-4-12-25(23)28/h1-6,9-17,19,28,31H,7-8,18,20H2,(H,33,35). The third-order valence-corrected chi connectivity index (χ3v) is 7.09. The molecule has 0 radical (unpaired) electrons. The molecule has 1 aliphatic carbocycles. The van der Waals surface area contributed by atoms with Gasteiger partial charge in [-0.15, -0.1) is 0 Å². The Morgan fingerprint density at radius 1 is 0.816 bits per heavy atom. The minimum Gasteiger partial charge on any atom is -0.493 e. The van der Waals surface area contributed by atoms with Crippen LogP contribution in [0.5, 0.6) is 17.2 Å². The number of amides is 1. The quantitative estimate of drug-likeness (QED) is 0.211. The number of fused-ring (bicyclic) bond motifs is 5. The first kappa shape index (κ1) is 23.8. The van der Waals surface area contributed by atoms with Gasteiger partial charge in [-0.3, -0.25) is 0 Å². The lowest BCUT2D eigenvalue weighted by Crippen LogP contribution is -2.32. The molecule has 6 heteroatoms. The van der Waals surface area contributed by atoms with E-state index in [0.29, 0.717) is 36.7 Å². The minimum absolute atomic E-state index is 0.0127. The maximum Gasteiger partial charge on any atom is 0.407 e. The van der Waals surface area contributed by atoms with Crippen LogP contribution in [0.2, 0.25) is 0 Å². The largest absolute Gasteiger partial charge is 0.493 e. The third kappa shape index (κ3) is 4.50. The van der Waals surface area contributed by atoms with Gasteiger partial charge in [0, 0.05) is 29.5 Å². The summed E-state index contributed by atoms with van der Waals surface area (Å²) in [5.74, 6) is 1.91. The van der Waals surface area contributed by atoms with Gasteiger partial charge in [0.15, 0.2) is 0 Å². The summed E-state index contributed by atoms with van der Waals surface area (Å²) in [6, 6.07) is 29.3. The van der Waals surface area contributed by atoms with E-state index < -0.39 is 12.1 Å². The van der Waals surface area contributed by atoms with Crippen LogP contribution in [0, 0.1) is 0 Å². The average Bonchev–Trinajstić information content (AvgIpc) is 3.27. The first-order valence-electron chi connectivity index (χ1n) is 12.8. The number of unbranched alkanes of at least 4 members (excludes halogenated alkanes) is 1. The predicted octanol–water partition coefficient (Wildman–Crippen LogP) is 6.78. The second-order valence-corrected chi connectivity index (χ2v) is 9.40. The number of hydrogen-bond donors (Lipinski definition) is 1. The highest BCUT2D eigenvalue weighted by atomic mass is 16.5. The number of aldehydes is 1. The van der Waals surface area contributed by atoms with Crippen LogP contribution < -0.4 is 14.8 Å².